The number of carbonyl (C=O) groups excluding carboxylic acids is 2. The Hall–Kier alpha value is -2.78. The standard InChI is InChI=1S/C30H32Cl3N3O4S/c1-2-27(30(38)34-23-10-6-7-11-23)35(19-21-16-17-22(31)18-26(21)33)29(37)20-36(28-15-9-8-14-25(28)32)41(39,40)24-12-4-3-5-13-24/h3-5,8-9,12-18,23,27H,2,6-7,10-11,19-20H2,1H3,(H,34,38)/t27-/m1/s1. The van der Waals surface area contributed by atoms with Crippen molar-refractivity contribution in [1.82, 2.24) is 10.2 Å². The van der Waals surface area contributed by atoms with Crippen molar-refractivity contribution in [3.8, 4) is 0 Å². The fraction of sp³-hybridized carbons (Fsp3) is 0.333. The van der Waals surface area contributed by atoms with Crippen LogP contribution in [0.3, 0.4) is 0 Å². The Morgan fingerprint density at radius 2 is 1.59 bits per heavy atom. The molecule has 0 radical (unpaired) electrons. The van der Waals surface area contributed by atoms with E-state index in [-0.39, 0.29) is 34.1 Å². The van der Waals surface area contributed by atoms with Gasteiger partial charge < -0.3 is 10.2 Å². The molecule has 1 aliphatic rings. The van der Waals surface area contributed by atoms with E-state index in [0.29, 0.717) is 22.0 Å². The third-order valence-corrected chi connectivity index (χ3v) is 9.86. The van der Waals surface area contributed by atoms with E-state index in [1.165, 1.54) is 17.0 Å². The zero-order valence-corrected chi connectivity index (χ0v) is 25.7. The highest BCUT2D eigenvalue weighted by atomic mass is 35.5. The number of halogens is 3. The third-order valence-electron chi connectivity index (χ3n) is 7.17. The van der Waals surface area contributed by atoms with Crippen molar-refractivity contribution in [3.05, 3.63) is 93.4 Å². The Morgan fingerprint density at radius 3 is 2.22 bits per heavy atom. The highest BCUT2D eigenvalue weighted by Gasteiger charge is 2.35. The zero-order chi connectivity index (χ0) is 29.6. The maximum Gasteiger partial charge on any atom is 0.264 e. The second kappa shape index (κ2) is 13.9. The van der Waals surface area contributed by atoms with E-state index in [9.17, 15) is 18.0 Å². The summed E-state index contributed by atoms with van der Waals surface area (Å²) >= 11 is 19.0. The van der Waals surface area contributed by atoms with Gasteiger partial charge in [0.1, 0.15) is 12.6 Å². The highest BCUT2D eigenvalue weighted by Crippen LogP contribution is 2.31. The van der Waals surface area contributed by atoms with Gasteiger partial charge in [0.2, 0.25) is 11.8 Å². The molecule has 1 aliphatic carbocycles. The number of para-hydroxylation sites is 1. The SMILES string of the molecule is CC[C@H](C(=O)NC1CCCC1)N(Cc1ccc(Cl)cc1Cl)C(=O)CN(c1ccccc1Cl)S(=O)(=O)c1ccccc1. The summed E-state index contributed by atoms with van der Waals surface area (Å²) in [5, 5.41) is 4.02. The average Bonchev–Trinajstić information content (AvgIpc) is 3.46. The van der Waals surface area contributed by atoms with Crippen molar-refractivity contribution >= 4 is 62.3 Å². The lowest BCUT2D eigenvalue weighted by atomic mass is 10.1. The predicted octanol–water partition coefficient (Wildman–Crippen LogP) is 6.71. The lowest BCUT2D eigenvalue weighted by Gasteiger charge is -2.34. The summed E-state index contributed by atoms with van der Waals surface area (Å²) in [6.07, 6.45) is 4.15. The smallest absolute Gasteiger partial charge is 0.264 e. The van der Waals surface area contributed by atoms with E-state index in [0.717, 1.165) is 30.0 Å². The van der Waals surface area contributed by atoms with Crippen molar-refractivity contribution in [3.63, 3.8) is 0 Å². The maximum atomic E-state index is 14.2. The fourth-order valence-corrected chi connectivity index (χ4v) is 7.22. The van der Waals surface area contributed by atoms with Crippen LogP contribution in [0.2, 0.25) is 15.1 Å². The van der Waals surface area contributed by atoms with Crippen LogP contribution in [0, 0.1) is 0 Å². The summed E-state index contributed by atoms with van der Waals surface area (Å²) in [7, 11) is -4.21. The van der Waals surface area contributed by atoms with E-state index < -0.39 is 28.5 Å². The molecular formula is C30H32Cl3N3O4S. The van der Waals surface area contributed by atoms with Crippen LogP contribution in [0.15, 0.2) is 77.7 Å². The monoisotopic (exact) mass is 635 g/mol. The van der Waals surface area contributed by atoms with Crippen LogP contribution in [-0.2, 0) is 26.2 Å². The Kier molecular flexibility index (Phi) is 10.6. The van der Waals surface area contributed by atoms with Gasteiger partial charge in [-0.05, 0) is 61.2 Å². The number of sulfonamides is 1. The summed E-state index contributed by atoms with van der Waals surface area (Å²) in [4.78, 5) is 29.1. The molecule has 3 aromatic rings. The van der Waals surface area contributed by atoms with Gasteiger partial charge in [-0.25, -0.2) is 8.42 Å². The number of anilines is 1. The highest BCUT2D eigenvalue weighted by molar-refractivity contribution is 7.92. The van der Waals surface area contributed by atoms with Gasteiger partial charge >= 0.3 is 0 Å². The van der Waals surface area contributed by atoms with Crippen molar-refractivity contribution in [1.29, 1.82) is 0 Å². The second-order valence-electron chi connectivity index (χ2n) is 9.95. The summed E-state index contributed by atoms with van der Waals surface area (Å²) < 4.78 is 28.7. The van der Waals surface area contributed by atoms with Gasteiger partial charge in [-0.1, -0.05) is 91.0 Å². The van der Waals surface area contributed by atoms with E-state index >= 15 is 0 Å². The molecule has 0 aromatic heterocycles. The minimum absolute atomic E-state index is 0.00559. The van der Waals surface area contributed by atoms with Crippen LogP contribution in [0.25, 0.3) is 0 Å². The molecule has 3 aromatic carbocycles. The Morgan fingerprint density at radius 1 is 0.927 bits per heavy atom. The van der Waals surface area contributed by atoms with Crippen molar-refractivity contribution in [2.45, 2.75) is 62.6 Å². The van der Waals surface area contributed by atoms with Gasteiger partial charge in [-0.15, -0.1) is 0 Å². The average molecular weight is 637 g/mol. The normalized spacial score (nSPS) is 14.4. The molecule has 0 aliphatic heterocycles. The van der Waals surface area contributed by atoms with E-state index in [1.807, 2.05) is 6.92 Å². The Bertz CT molecular complexity index is 1480. The number of carbonyl (C=O) groups is 2. The number of hydrogen-bond donors (Lipinski definition) is 1. The molecule has 1 saturated carbocycles. The molecule has 0 heterocycles. The Balaban J connectivity index is 1.73. The summed E-state index contributed by atoms with van der Waals surface area (Å²) in [6, 6.07) is 18.4. The number of hydrogen-bond acceptors (Lipinski definition) is 4. The van der Waals surface area contributed by atoms with E-state index in [4.69, 9.17) is 34.8 Å². The molecule has 7 nitrogen and oxygen atoms in total. The van der Waals surface area contributed by atoms with Crippen LogP contribution in [0.5, 0.6) is 0 Å². The predicted molar refractivity (Wildman–Crippen MR) is 164 cm³/mol. The minimum Gasteiger partial charge on any atom is -0.352 e. The molecule has 0 bridgehead atoms. The number of nitrogens with zero attached hydrogens (tertiary/aromatic N) is 2. The Labute approximate surface area is 256 Å². The summed E-state index contributed by atoms with van der Waals surface area (Å²) in [5.74, 6) is -0.864. The largest absolute Gasteiger partial charge is 0.352 e. The third kappa shape index (κ3) is 7.55. The first-order valence-electron chi connectivity index (χ1n) is 13.5. The van der Waals surface area contributed by atoms with E-state index in [2.05, 4.69) is 5.32 Å². The maximum absolute atomic E-state index is 14.2. The van der Waals surface area contributed by atoms with Crippen LogP contribution in [-0.4, -0.2) is 43.8 Å². The van der Waals surface area contributed by atoms with Gasteiger partial charge in [0.05, 0.1) is 15.6 Å². The zero-order valence-electron chi connectivity index (χ0n) is 22.6. The number of benzene rings is 3. The molecule has 0 spiro atoms. The lowest BCUT2D eigenvalue weighted by molar-refractivity contribution is -0.140. The van der Waals surface area contributed by atoms with Gasteiger partial charge in [0.25, 0.3) is 10.0 Å². The van der Waals surface area contributed by atoms with Gasteiger partial charge in [-0.2, -0.15) is 0 Å². The first-order valence-corrected chi connectivity index (χ1v) is 16.0. The molecule has 11 heteroatoms. The first-order chi connectivity index (χ1) is 19.6. The summed E-state index contributed by atoms with van der Waals surface area (Å²) in [6.45, 7) is 1.21. The first kappa shape index (κ1) is 31.2. The van der Waals surface area contributed by atoms with Crippen molar-refractivity contribution in [2.75, 3.05) is 10.8 Å². The van der Waals surface area contributed by atoms with Gasteiger partial charge in [0.15, 0.2) is 0 Å². The van der Waals surface area contributed by atoms with Gasteiger partial charge in [0, 0.05) is 22.6 Å². The quantitative estimate of drug-likeness (QED) is 0.254. The fourth-order valence-electron chi connectivity index (χ4n) is 5.01. The van der Waals surface area contributed by atoms with Crippen LogP contribution >= 0.6 is 34.8 Å². The molecule has 0 unspecified atom stereocenters. The number of amides is 2. The van der Waals surface area contributed by atoms with Crippen molar-refractivity contribution < 1.29 is 18.0 Å². The molecular weight excluding hydrogens is 605 g/mol. The molecule has 4 rings (SSSR count). The molecule has 1 N–H and O–H groups in total. The molecule has 41 heavy (non-hydrogen) atoms. The minimum atomic E-state index is -4.21. The van der Waals surface area contributed by atoms with Crippen LogP contribution < -0.4 is 9.62 Å². The summed E-state index contributed by atoms with van der Waals surface area (Å²) in [5.41, 5.74) is 0.728. The topological polar surface area (TPSA) is 86.8 Å². The molecule has 2 amide bonds. The van der Waals surface area contributed by atoms with Gasteiger partial charge in [-0.3, -0.25) is 13.9 Å². The van der Waals surface area contributed by atoms with Crippen LogP contribution in [0.4, 0.5) is 5.69 Å². The lowest BCUT2D eigenvalue weighted by Crippen LogP contribution is -2.53. The molecule has 1 atom stereocenters. The number of rotatable bonds is 11. The second-order valence-corrected chi connectivity index (χ2v) is 13.1. The molecule has 218 valence electrons. The molecule has 1 fully saturated rings. The van der Waals surface area contributed by atoms with Crippen molar-refractivity contribution in [2.24, 2.45) is 0 Å². The van der Waals surface area contributed by atoms with E-state index in [1.54, 1.807) is 60.7 Å². The van der Waals surface area contributed by atoms with Crippen LogP contribution in [0.1, 0.15) is 44.6 Å². The number of nitrogens with one attached hydrogen (secondary N) is 1. The molecule has 0 saturated heterocycles.